The van der Waals surface area contributed by atoms with Crippen molar-refractivity contribution in [3.63, 3.8) is 0 Å². The molecule has 2 aromatic rings. The van der Waals surface area contributed by atoms with Gasteiger partial charge in [0.05, 0.1) is 17.7 Å². The summed E-state index contributed by atoms with van der Waals surface area (Å²) in [6.07, 6.45) is 1.49. The smallest absolute Gasteiger partial charge is 0.253 e. The number of halogens is 1. The van der Waals surface area contributed by atoms with Crippen LogP contribution in [0, 0.1) is 0 Å². The maximum absolute atomic E-state index is 12.2. The zero-order chi connectivity index (χ0) is 14.1. The van der Waals surface area contributed by atoms with Gasteiger partial charge < -0.3 is 10.4 Å². The summed E-state index contributed by atoms with van der Waals surface area (Å²) in [4.78, 5) is 16.2. The predicted molar refractivity (Wildman–Crippen MR) is 78.3 cm³/mol. The first kappa shape index (κ1) is 13.3. The normalized spacial score (nSPS) is 20.5. The number of hydrogen-bond donors (Lipinski definition) is 2. The monoisotopic (exact) mass is 332 g/mol. The topological polar surface area (TPSA) is 62.2 Å². The molecule has 1 aliphatic rings. The van der Waals surface area contributed by atoms with Crippen LogP contribution < -0.4 is 5.32 Å². The van der Waals surface area contributed by atoms with E-state index in [-0.39, 0.29) is 11.9 Å². The fraction of sp³-hybridized carbons (Fsp3) is 0.200. The summed E-state index contributed by atoms with van der Waals surface area (Å²) in [6, 6.07) is 10.8. The van der Waals surface area contributed by atoms with Crippen LogP contribution in [0.2, 0.25) is 0 Å². The molecule has 0 saturated heterocycles. The number of rotatable bonds is 2. The Hall–Kier alpha value is -1.72. The Kier molecular flexibility index (Phi) is 3.54. The molecule has 1 aliphatic carbocycles. The molecule has 4 nitrogen and oxygen atoms in total. The number of aliphatic hydroxyl groups excluding tert-OH is 1. The number of nitrogens with one attached hydrogen (secondary N) is 1. The summed E-state index contributed by atoms with van der Waals surface area (Å²) < 4.78 is 0.681. The third kappa shape index (κ3) is 2.46. The van der Waals surface area contributed by atoms with Gasteiger partial charge in [-0.05, 0) is 39.2 Å². The molecule has 0 fully saturated rings. The Morgan fingerprint density at radius 2 is 2.10 bits per heavy atom. The third-order valence-electron chi connectivity index (χ3n) is 3.48. The van der Waals surface area contributed by atoms with Gasteiger partial charge in [-0.3, -0.25) is 4.79 Å². The second kappa shape index (κ2) is 5.34. The number of carbonyl (C=O) groups is 1. The van der Waals surface area contributed by atoms with Crippen molar-refractivity contribution in [2.45, 2.75) is 18.6 Å². The predicted octanol–water partition coefficient (Wildman–Crippen LogP) is 2.23. The van der Waals surface area contributed by atoms with Crippen molar-refractivity contribution in [3.05, 3.63) is 63.9 Å². The second-order valence-electron chi connectivity index (χ2n) is 4.79. The quantitative estimate of drug-likeness (QED) is 0.829. The van der Waals surface area contributed by atoms with Crippen LogP contribution >= 0.6 is 15.9 Å². The first-order valence-electron chi connectivity index (χ1n) is 6.33. The Labute approximate surface area is 125 Å². The summed E-state index contributed by atoms with van der Waals surface area (Å²) in [6.45, 7) is 0. The van der Waals surface area contributed by atoms with E-state index in [1.807, 2.05) is 24.3 Å². The SMILES string of the molecule is O=C(NC1c2ccccc2CC1O)c1ccc(Br)nc1. The lowest BCUT2D eigenvalue weighted by atomic mass is 10.1. The van der Waals surface area contributed by atoms with E-state index in [4.69, 9.17) is 0 Å². The first-order chi connectivity index (χ1) is 9.65. The minimum absolute atomic E-state index is 0.231. The number of aromatic nitrogens is 1. The van der Waals surface area contributed by atoms with E-state index >= 15 is 0 Å². The van der Waals surface area contributed by atoms with E-state index in [0.717, 1.165) is 11.1 Å². The molecular weight excluding hydrogens is 320 g/mol. The lowest BCUT2D eigenvalue weighted by Gasteiger charge is -2.17. The molecule has 1 heterocycles. The minimum Gasteiger partial charge on any atom is -0.390 e. The molecule has 1 aromatic carbocycles. The number of carbonyl (C=O) groups excluding carboxylic acids is 1. The molecule has 102 valence electrons. The van der Waals surface area contributed by atoms with Crippen LogP contribution in [0.3, 0.4) is 0 Å². The van der Waals surface area contributed by atoms with Crippen molar-refractivity contribution in [2.24, 2.45) is 0 Å². The highest BCUT2D eigenvalue weighted by atomic mass is 79.9. The number of nitrogens with zero attached hydrogens (tertiary/aromatic N) is 1. The van der Waals surface area contributed by atoms with Crippen LogP contribution in [0.1, 0.15) is 27.5 Å². The van der Waals surface area contributed by atoms with Crippen molar-refractivity contribution in [1.82, 2.24) is 10.3 Å². The maximum atomic E-state index is 12.2. The minimum atomic E-state index is -0.584. The van der Waals surface area contributed by atoms with Gasteiger partial charge in [0.15, 0.2) is 0 Å². The second-order valence-corrected chi connectivity index (χ2v) is 5.60. The van der Waals surface area contributed by atoms with Gasteiger partial charge in [-0.1, -0.05) is 24.3 Å². The average Bonchev–Trinajstić information content (AvgIpc) is 2.76. The fourth-order valence-electron chi connectivity index (χ4n) is 2.48. The summed E-state index contributed by atoms with van der Waals surface area (Å²) >= 11 is 3.23. The van der Waals surface area contributed by atoms with Gasteiger partial charge in [0.2, 0.25) is 0 Å². The number of aliphatic hydroxyl groups is 1. The van der Waals surface area contributed by atoms with Gasteiger partial charge in [-0.2, -0.15) is 0 Å². The number of fused-ring (bicyclic) bond motifs is 1. The first-order valence-corrected chi connectivity index (χ1v) is 7.13. The van der Waals surface area contributed by atoms with Crippen molar-refractivity contribution >= 4 is 21.8 Å². The molecule has 2 unspecified atom stereocenters. The fourth-order valence-corrected chi connectivity index (χ4v) is 2.72. The van der Waals surface area contributed by atoms with Crippen molar-refractivity contribution in [2.75, 3.05) is 0 Å². The van der Waals surface area contributed by atoms with Crippen LogP contribution in [0.5, 0.6) is 0 Å². The summed E-state index contributed by atoms with van der Waals surface area (Å²) in [5, 5.41) is 13.0. The average molecular weight is 333 g/mol. The van der Waals surface area contributed by atoms with Gasteiger partial charge in [-0.25, -0.2) is 4.98 Å². The Morgan fingerprint density at radius 1 is 1.30 bits per heavy atom. The maximum Gasteiger partial charge on any atom is 0.253 e. The van der Waals surface area contributed by atoms with Crippen molar-refractivity contribution < 1.29 is 9.90 Å². The zero-order valence-electron chi connectivity index (χ0n) is 10.6. The van der Waals surface area contributed by atoms with Gasteiger partial charge >= 0.3 is 0 Å². The van der Waals surface area contributed by atoms with Crippen LogP contribution in [0.25, 0.3) is 0 Å². The molecule has 1 aromatic heterocycles. The van der Waals surface area contributed by atoms with Crippen LogP contribution in [-0.4, -0.2) is 22.1 Å². The summed E-state index contributed by atoms with van der Waals surface area (Å²) in [5.74, 6) is -0.231. The van der Waals surface area contributed by atoms with Crippen molar-refractivity contribution in [3.8, 4) is 0 Å². The molecule has 20 heavy (non-hydrogen) atoms. The lowest BCUT2D eigenvalue weighted by molar-refractivity contribution is 0.0858. The molecule has 2 atom stereocenters. The third-order valence-corrected chi connectivity index (χ3v) is 3.95. The van der Waals surface area contributed by atoms with Gasteiger partial charge in [-0.15, -0.1) is 0 Å². The Bertz CT molecular complexity index is 643. The molecule has 0 saturated carbocycles. The van der Waals surface area contributed by atoms with Crippen LogP contribution in [0.15, 0.2) is 47.2 Å². The lowest BCUT2D eigenvalue weighted by Crippen LogP contribution is -2.33. The van der Waals surface area contributed by atoms with E-state index in [1.165, 1.54) is 6.20 Å². The molecule has 3 rings (SSSR count). The number of benzene rings is 1. The molecule has 2 N–H and O–H groups in total. The molecule has 1 amide bonds. The van der Waals surface area contributed by atoms with Crippen molar-refractivity contribution in [1.29, 1.82) is 0 Å². The summed E-state index contributed by atoms with van der Waals surface area (Å²) in [5.41, 5.74) is 2.54. The standard InChI is InChI=1S/C15H13BrN2O2/c16-13-6-5-10(8-17-13)15(20)18-14-11-4-2-1-3-9(11)7-12(14)19/h1-6,8,12,14,19H,7H2,(H,18,20). The van der Waals surface area contributed by atoms with E-state index < -0.39 is 6.10 Å². The van der Waals surface area contributed by atoms with Gasteiger partial charge in [0.1, 0.15) is 4.60 Å². The molecule has 0 bridgehead atoms. The summed E-state index contributed by atoms with van der Waals surface area (Å²) in [7, 11) is 0. The highest BCUT2D eigenvalue weighted by Gasteiger charge is 2.31. The number of pyridine rings is 1. The zero-order valence-corrected chi connectivity index (χ0v) is 12.2. The number of hydrogen-bond acceptors (Lipinski definition) is 3. The molecule has 0 aliphatic heterocycles. The molecular formula is C15H13BrN2O2. The highest BCUT2D eigenvalue weighted by molar-refractivity contribution is 9.10. The molecule has 0 radical (unpaired) electrons. The van der Waals surface area contributed by atoms with Crippen LogP contribution in [-0.2, 0) is 6.42 Å². The number of amides is 1. The Morgan fingerprint density at radius 3 is 2.85 bits per heavy atom. The molecule has 5 heteroatoms. The largest absolute Gasteiger partial charge is 0.390 e. The van der Waals surface area contributed by atoms with E-state index in [0.29, 0.717) is 16.6 Å². The molecule has 0 spiro atoms. The van der Waals surface area contributed by atoms with Gasteiger partial charge in [0.25, 0.3) is 5.91 Å². The van der Waals surface area contributed by atoms with E-state index in [2.05, 4.69) is 26.2 Å². The van der Waals surface area contributed by atoms with E-state index in [9.17, 15) is 9.90 Å². The van der Waals surface area contributed by atoms with E-state index in [1.54, 1.807) is 12.1 Å². The van der Waals surface area contributed by atoms with Crippen LogP contribution in [0.4, 0.5) is 0 Å². The van der Waals surface area contributed by atoms with Gasteiger partial charge in [0, 0.05) is 12.6 Å². The highest BCUT2D eigenvalue weighted by Crippen LogP contribution is 2.31. The Balaban J connectivity index is 1.81.